The number of ether oxygens (including phenoxy) is 2. The van der Waals surface area contributed by atoms with Gasteiger partial charge in [0.05, 0.1) is 13.2 Å². The van der Waals surface area contributed by atoms with Gasteiger partial charge < -0.3 is 14.8 Å². The molecule has 1 fully saturated rings. The average Bonchev–Trinajstić information content (AvgIpc) is 3.23. The van der Waals surface area contributed by atoms with E-state index in [-0.39, 0.29) is 5.91 Å². The molecular formula is C25H32N2O4. The zero-order valence-electron chi connectivity index (χ0n) is 18.6. The van der Waals surface area contributed by atoms with Crippen molar-refractivity contribution in [1.29, 1.82) is 0 Å². The molecule has 1 atom stereocenters. The zero-order chi connectivity index (χ0) is 22.3. The van der Waals surface area contributed by atoms with Crippen molar-refractivity contribution < 1.29 is 19.1 Å². The van der Waals surface area contributed by atoms with E-state index in [0.717, 1.165) is 23.1 Å². The summed E-state index contributed by atoms with van der Waals surface area (Å²) < 4.78 is 11.3. The second-order valence-corrected chi connectivity index (χ2v) is 8.80. The molecule has 2 aromatic rings. The Labute approximate surface area is 184 Å². The fourth-order valence-corrected chi connectivity index (χ4v) is 3.60. The Morgan fingerprint density at radius 2 is 1.68 bits per heavy atom. The third-order valence-corrected chi connectivity index (χ3v) is 5.12. The van der Waals surface area contributed by atoms with Crippen molar-refractivity contribution in [3.8, 4) is 0 Å². The molecule has 0 spiro atoms. The maximum absolute atomic E-state index is 12.8. The first kappa shape index (κ1) is 22.8. The van der Waals surface area contributed by atoms with Crippen LogP contribution in [0.15, 0.2) is 54.6 Å². The number of hydrogen-bond acceptors (Lipinski definition) is 4. The van der Waals surface area contributed by atoms with Gasteiger partial charge in [0.1, 0.15) is 11.6 Å². The third kappa shape index (κ3) is 6.82. The summed E-state index contributed by atoms with van der Waals surface area (Å²) in [4.78, 5) is 26.8. The Balaban J connectivity index is 1.54. The lowest BCUT2D eigenvalue weighted by Gasteiger charge is -2.28. The summed E-state index contributed by atoms with van der Waals surface area (Å²) in [5.41, 5.74) is 2.58. The van der Waals surface area contributed by atoms with Gasteiger partial charge in [0, 0.05) is 13.1 Å². The predicted molar refractivity (Wildman–Crippen MR) is 119 cm³/mol. The Morgan fingerprint density at radius 1 is 1.00 bits per heavy atom. The highest BCUT2D eigenvalue weighted by molar-refractivity contribution is 5.86. The molecule has 0 aromatic heterocycles. The maximum atomic E-state index is 12.8. The van der Waals surface area contributed by atoms with Crippen LogP contribution in [0.25, 0.3) is 0 Å². The van der Waals surface area contributed by atoms with Crippen molar-refractivity contribution >= 4 is 12.0 Å². The number of benzene rings is 2. The number of hydrogen-bond donors (Lipinski definition) is 1. The molecule has 3 rings (SSSR count). The van der Waals surface area contributed by atoms with E-state index in [9.17, 15) is 9.59 Å². The van der Waals surface area contributed by atoms with Crippen LogP contribution in [0, 0.1) is 0 Å². The highest BCUT2D eigenvalue weighted by Gasteiger charge is 2.36. The van der Waals surface area contributed by atoms with Gasteiger partial charge in [0.2, 0.25) is 5.91 Å². The molecule has 1 aliphatic heterocycles. The first-order valence-electron chi connectivity index (χ1n) is 10.8. The van der Waals surface area contributed by atoms with E-state index in [0.29, 0.717) is 32.7 Å². The van der Waals surface area contributed by atoms with Gasteiger partial charge in [0.15, 0.2) is 0 Å². The lowest BCUT2D eigenvalue weighted by molar-refractivity contribution is -0.125. The molecule has 166 valence electrons. The largest absolute Gasteiger partial charge is 0.444 e. The van der Waals surface area contributed by atoms with Crippen molar-refractivity contribution in [1.82, 2.24) is 10.2 Å². The van der Waals surface area contributed by atoms with Gasteiger partial charge in [-0.3, -0.25) is 9.69 Å². The highest BCUT2D eigenvalue weighted by atomic mass is 16.6. The van der Waals surface area contributed by atoms with E-state index in [4.69, 9.17) is 9.47 Å². The number of carbonyl (C=O) groups excluding carboxylic acids is 2. The molecule has 0 radical (unpaired) electrons. The van der Waals surface area contributed by atoms with Gasteiger partial charge in [-0.05, 0) is 50.3 Å². The van der Waals surface area contributed by atoms with Crippen molar-refractivity contribution in [3.63, 3.8) is 0 Å². The van der Waals surface area contributed by atoms with Gasteiger partial charge >= 0.3 is 6.09 Å². The summed E-state index contributed by atoms with van der Waals surface area (Å²) in [6, 6.07) is 17.5. The minimum atomic E-state index is -0.584. The molecule has 1 aliphatic rings. The predicted octanol–water partition coefficient (Wildman–Crippen LogP) is 4.42. The van der Waals surface area contributed by atoms with Crippen molar-refractivity contribution in [2.75, 3.05) is 6.54 Å². The van der Waals surface area contributed by atoms with Crippen LogP contribution in [0.2, 0.25) is 0 Å². The van der Waals surface area contributed by atoms with E-state index < -0.39 is 17.7 Å². The minimum absolute atomic E-state index is 0.150. The lowest BCUT2D eigenvalue weighted by Crippen LogP contribution is -2.47. The Kier molecular flexibility index (Phi) is 7.69. The van der Waals surface area contributed by atoms with E-state index in [1.807, 2.05) is 75.4 Å². The zero-order valence-corrected chi connectivity index (χ0v) is 18.6. The summed E-state index contributed by atoms with van der Waals surface area (Å²) in [5, 5.41) is 2.99. The van der Waals surface area contributed by atoms with Gasteiger partial charge in [-0.25, -0.2) is 4.79 Å². The smallest absolute Gasteiger partial charge is 0.410 e. The van der Waals surface area contributed by atoms with Gasteiger partial charge in [-0.2, -0.15) is 0 Å². The quantitative estimate of drug-likeness (QED) is 0.714. The van der Waals surface area contributed by atoms with Crippen LogP contribution < -0.4 is 5.32 Å². The van der Waals surface area contributed by atoms with Crippen LogP contribution >= 0.6 is 0 Å². The van der Waals surface area contributed by atoms with E-state index >= 15 is 0 Å². The molecule has 2 amide bonds. The Hall–Kier alpha value is -2.86. The van der Waals surface area contributed by atoms with Crippen LogP contribution in [-0.4, -0.2) is 35.1 Å². The minimum Gasteiger partial charge on any atom is -0.444 e. The van der Waals surface area contributed by atoms with Crippen molar-refractivity contribution in [2.24, 2.45) is 0 Å². The molecule has 0 aliphatic carbocycles. The molecule has 6 heteroatoms. The summed E-state index contributed by atoms with van der Waals surface area (Å²) in [6.45, 7) is 7.41. The molecule has 1 heterocycles. The SMILES string of the molecule is CC(C)(C)OC(=O)N1CCC[C@H]1C(=O)NCc1ccccc1COCc1ccccc1. The number of carbonyl (C=O) groups is 2. The fourth-order valence-electron chi connectivity index (χ4n) is 3.60. The van der Waals surface area contributed by atoms with E-state index in [1.165, 1.54) is 4.90 Å². The van der Waals surface area contributed by atoms with Crippen molar-refractivity contribution in [2.45, 2.75) is 65.0 Å². The van der Waals surface area contributed by atoms with E-state index in [2.05, 4.69) is 5.32 Å². The van der Waals surface area contributed by atoms with Gasteiger partial charge in [0.25, 0.3) is 0 Å². The van der Waals surface area contributed by atoms with Crippen molar-refractivity contribution in [3.05, 3.63) is 71.3 Å². The fraction of sp³-hybridized carbons (Fsp3) is 0.440. The summed E-state index contributed by atoms with van der Waals surface area (Å²) in [7, 11) is 0. The first-order valence-corrected chi connectivity index (χ1v) is 10.8. The standard InChI is InChI=1S/C25H32N2O4/c1-25(2,3)31-24(29)27-15-9-14-22(27)23(28)26-16-20-12-7-8-13-21(20)18-30-17-19-10-5-4-6-11-19/h4-8,10-13,22H,9,14-18H2,1-3H3,(H,26,28)/t22-/m0/s1. The topological polar surface area (TPSA) is 67.9 Å². The van der Waals surface area contributed by atoms with Gasteiger partial charge in [-0.15, -0.1) is 0 Å². The second kappa shape index (κ2) is 10.4. The molecular weight excluding hydrogens is 392 g/mol. The molecule has 1 N–H and O–H groups in total. The van der Waals surface area contributed by atoms with Crippen LogP contribution in [0.5, 0.6) is 0 Å². The number of nitrogens with zero attached hydrogens (tertiary/aromatic N) is 1. The highest BCUT2D eigenvalue weighted by Crippen LogP contribution is 2.21. The van der Waals surface area contributed by atoms with Gasteiger partial charge in [-0.1, -0.05) is 54.6 Å². The Bertz CT molecular complexity index is 877. The molecule has 0 saturated carbocycles. The van der Waals surface area contributed by atoms with Crippen LogP contribution in [-0.2, 0) is 34.0 Å². The number of nitrogens with one attached hydrogen (secondary N) is 1. The maximum Gasteiger partial charge on any atom is 0.410 e. The molecule has 0 unspecified atom stereocenters. The third-order valence-electron chi connectivity index (χ3n) is 5.12. The monoisotopic (exact) mass is 424 g/mol. The van der Waals surface area contributed by atoms with Crippen LogP contribution in [0.4, 0.5) is 4.79 Å². The number of rotatable bonds is 7. The summed E-state index contributed by atoms with van der Waals surface area (Å²) in [5.74, 6) is -0.150. The summed E-state index contributed by atoms with van der Waals surface area (Å²) in [6.07, 6.45) is 1.01. The molecule has 2 aromatic carbocycles. The van der Waals surface area contributed by atoms with Crippen LogP contribution in [0.1, 0.15) is 50.3 Å². The molecule has 31 heavy (non-hydrogen) atoms. The van der Waals surface area contributed by atoms with E-state index in [1.54, 1.807) is 0 Å². The number of amides is 2. The Morgan fingerprint density at radius 3 is 2.39 bits per heavy atom. The molecule has 0 bridgehead atoms. The summed E-state index contributed by atoms with van der Waals surface area (Å²) >= 11 is 0. The number of likely N-dealkylation sites (tertiary alicyclic amines) is 1. The molecule has 1 saturated heterocycles. The first-order chi connectivity index (χ1) is 14.8. The lowest BCUT2D eigenvalue weighted by atomic mass is 10.1. The molecule has 6 nitrogen and oxygen atoms in total. The average molecular weight is 425 g/mol. The normalized spacial score (nSPS) is 16.2. The van der Waals surface area contributed by atoms with Crippen LogP contribution in [0.3, 0.4) is 0 Å². The second-order valence-electron chi connectivity index (χ2n) is 8.80.